The Morgan fingerprint density at radius 2 is 1.87 bits per heavy atom. The van der Waals surface area contributed by atoms with Gasteiger partial charge in [0.15, 0.2) is 5.78 Å². The van der Waals surface area contributed by atoms with E-state index in [1.165, 1.54) is 0 Å². The molecule has 0 aliphatic heterocycles. The number of carbonyl (C=O) groups is 1. The van der Waals surface area contributed by atoms with Crippen LogP contribution in [0.3, 0.4) is 0 Å². The van der Waals surface area contributed by atoms with Crippen molar-refractivity contribution in [1.82, 2.24) is 0 Å². The minimum atomic E-state index is -1.20. The number of ether oxygens (including phenoxy) is 1. The number of hydrogen-bond donors (Lipinski definition) is 1. The molecular formula is C12H24O3. The molecule has 0 aromatic heterocycles. The zero-order chi connectivity index (χ0) is 12.1. The minimum Gasteiger partial charge on any atom is -0.382 e. The van der Waals surface area contributed by atoms with Crippen molar-refractivity contribution in [3.05, 3.63) is 0 Å². The molecule has 0 aromatic carbocycles. The summed E-state index contributed by atoms with van der Waals surface area (Å²) in [5.74, 6) is -0.138. The molecule has 0 bridgehead atoms. The second-order valence-electron chi connectivity index (χ2n) is 4.42. The van der Waals surface area contributed by atoms with E-state index in [0.29, 0.717) is 6.42 Å². The van der Waals surface area contributed by atoms with Crippen molar-refractivity contribution >= 4 is 5.78 Å². The summed E-state index contributed by atoms with van der Waals surface area (Å²) in [6.45, 7) is 9.26. The fraction of sp³-hybridized carbons (Fsp3) is 0.917. The van der Waals surface area contributed by atoms with Crippen molar-refractivity contribution in [1.29, 1.82) is 0 Å². The molecule has 0 aliphatic rings. The van der Waals surface area contributed by atoms with Crippen LogP contribution in [0.4, 0.5) is 0 Å². The molecule has 90 valence electrons. The van der Waals surface area contributed by atoms with Crippen molar-refractivity contribution < 1.29 is 14.6 Å². The molecule has 0 aromatic rings. The molecule has 3 nitrogen and oxygen atoms in total. The molecule has 0 amide bonds. The summed E-state index contributed by atoms with van der Waals surface area (Å²) in [5.41, 5.74) is -1.20. The Labute approximate surface area is 92.8 Å². The minimum absolute atomic E-state index is 0.120. The highest BCUT2D eigenvalue weighted by Crippen LogP contribution is 2.15. The molecule has 0 aliphatic carbocycles. The second kappa shape index (κ2) is 6.23. The van der Waals surface area contributed by atoms with E-state index in [9.17, 15) is 9.90 Å². The van der Waals surface area contributed by atoms with Crippen LogP contribution in [0, 0.1) is 0 Å². The Bertz CT molecular complexity index is 199. The van der Waals surface area contributed by atoms with Crippen molar-refractivity contribution in [3.8, 4) is 0 Å². The SMILES string of the molecule is CCC(C)OC(C)CC(=O)C(C)(O)CC. The van der Waals surface area contributed by atoms with Gasteiger partial charge in [-0.15, -0.1) is 0 Å². The Balaban J connectivity index is 4.07. The Morgan fingerprint density at radius 1 is 1.33 bits per heavy atom. The normalized spacial score (nSPS) is 19.3. The Hall–Kier alpha value is -0.410. The van der Waals surface area contributed by atoms with Crippen LogP contribution in [0.2, 0.25) is 0 Å². The molecular weight excluding hydrogens is 192 g/mol. The number of ketones is 1. The van der Waals surface area contributed by atoms with Gasteiger partial charge in [-0.05, 0) is 33.6 Å². The summed E-state index contributed by atoms with van der Waals surface area (Å²) in [6, 6.07) is 0. The van der Waals surface area contributed by atoms with Gasteiger partial charge in [-0.2, -0.15) is 0 Å². The lowest BCUT2D eigenvalue weighted by molar-refractivity contribution is -0.139. The zero-order valence-electron chi connectivity index (χ0n) is 10.5. The predicted molar refractivity (Wildman–Crippen MR) is 60.8 cm³/mol. The third-order valence-corrected chi connectivity index (χ3v) is 2.80. The van der Waals surface area contributed by atoms with Crippen LogP contribution in [0.1, 0.15) is 53.9 Å². The van der Waals surface area contributed by atoms with E-state index in [0.717, 1.165) is 6.42 Å². The van der Waals surface area contributed by atoms with Gasteiger partial charge >= 0.3 is 0 Å². The highest BCUT2D eigenvalue weighted by Gasteiger charge is 2.29. The van der Waals surface area contributed by atoms with E-state index < -0.39 is 5.60 Å². The van der Waals surface area contributed by atoms with Gasteiger partial charge in [-0.3, -0.25) is 4.79 Å². The largest absolute Gasteiger partial charge is 0.382 e. The molecule has 1 N–H and O–H groups in total. The molecule has 3 heteroatoms. The van der Waals surface area contributed by atoms with Crippen LogP contribution < -0.4 is 0 Å². The van der Waals surface area contributed by atoms with Gasteiger partial charge in [0, 0.05) is 6.42 Å². The summed E-state index contributed by atoms with van der Waals surface area (Å²) in [5, 5.41) is 9.73. The maximum Gasteiger partial charge on any atom is 0.166 e. The van der Waals surface area contributed by atoms with Crippen LogP contribution in [0.5, 0.6) is 0 Å². The average Bonchev–Trinajstić information content (AvgIpc) is 2.17. The van der Waals surface area contributed by atoms with Gasteiger partial charge in [0.1, 0.15) is 5.60 Å². The molecule has 3 unspecified atom stereocenters. The molecule has 0 saturated carbocycles. The first kappa shape index (κ1) is 14.6. The molecule has 0 saturated heterocycles. The van der Waals surface area contributed by atoms with Crippen LogP contribution in [0.25, 0.3) is 0 Å². The van der Waals surface area contributed by atoms with Gasteiger partial charge in [0.2, 0.25) is 0 Å². The quantitative estimate of drug-likeness (QED) is 0.710. The lowest BCUT2D eigenvalue weighted by atomic mass is 9.94. The van der Waals surface area contributed by atoms with E-state index in [2.05, 4.69) is 0 Å². The van der Waals surface area contributed by atoms with Crippen LogP contribution in [-0.2, 0) is 9.53 Å². The van der Waals surface area contributed by atoms with Crippen molar-refractivity contribution in [3.63, 3.8) is 0 Å². The van der Waals surface area contributed by atoms with E-state index >= 15 is 0 Å². The van der Waals surface area contributed by atoms with Gasteiger partial charge in [-0.1, -0.05) is 13.8 Å². The highest BCUT2D eigenvalue weighted by molar-refractivity contribution is 5.86. The number of rotatable bonds is 7. The average molecular weight is 216 g/mol. The Kier molecular flexibility index (Phi) is 6.06. The molecule has 15 heavy (non-hydrogen) atoms. The van der Waals surface area contributed by atoms with Gasteiger partial charge < -0.3 is 9.84 Å². The molecule has 0 rings (SSSR count). The van der Waals surface area contributed by atoms with Gasteiger partial charge in [0.05, 0.1) is 12.2 Å². The fourth-order valence-electron chi connectivity index (χ4n) is 1.22. The number of carbonyl (C=O) groups excluding carboxylic acids is 1. The zero-order valence-corrected chi connectivity index (χ0v) is 10.5. The maximum absolute atomic E-state index is 11.6. The van der Waals surface area contributed by atoms with E-state index in [-0.39, 0.29) is 24.4 Å². The van der Waals surface area contributed by atoms with Crippen molar-refractivity contribution in [2.45, 2.75) is 71.7 Å². The first-order chi connectivity index (χ1) is 6.83. The van der Waals surface area contributed by atoms with Gasteiger partial charge in [-0.25, -0.2) is 0 Å². The van der Waals surface area contributed by atoms with E-state index in [1.54, 1.807) is 13.8 Å². The first-order valence-electron chi connectivity index (χ1n) is 5.74. The lowest BCUT2D eigenvalue weighted by Gasteiger charge is -2.23. The summed E-state index contributed by atoms with van der Waals surface area (Å²) in [4.78, 5) is 11.6. The number of aliphatic hydroxyl groups is 1. The molecule has 0 fully saturated rings. The predicted octanol–water partition coefficient (Wildman–Crippen LogP) is 2.31. The maximum atomic E-state index is 11.6. The standard InChI is InChI=1S/C12H24O3/c1-6-9(3)15-10(4)8-11(13)12(5,14)7-2/h9-10,14H,6-8H2,1-5H3. The summed E-state index contributed by atoms with van der Waals surface area (Å²) in [6.07, 6.45) is 1.71. The van der Waals surface area contributed by atoms with E-state index in [1.807, 2.05) is 20.8 Å². The molecule has 3 atom stereocenters. The molecule has 0 radical (unpaired) electrons. The number of Topliss-reactive ketones (excluding diaryl/α,β-unsaturated/α-hetero) is 1. The summed E-state index contributed by atoms with van der Waals surface area (Å²) < 4.78 is 5.58. The Morgan fingerprint density at radius 3 is 2.27 bits per heavy atom. The molecule has 0 spiro atoms. The van der Waals surface area contributed by atoms with E-state index in [4.69, 9.17) is 4.74 Å². The third kappa shape index (κ3) is 5.28. The third-order valence-electron chi connectivity index (χ3n) is 2.80. The van der Waals surface area contributed by atoms with Crippen molar-refractivity contribution in [2.24, 2.45) is 0 Å². The fourth-order valence-corrected chi connectivity index (χ4v) is 1.22. The number of hydrogen-bond acceptors (Lipinski definition) is 3. The second-order valence-corrected chi connectivity index (χ2v) is 4.42. The lowest BCUT2D eigenvalue weighted by Crippen LogP contribution is -2.36. The molecule has 0 heterocycles. The first-order valence-corrected chi connectivity index (χ1v) is 5.74. The monoisotopic (exact) mass is 216 g/mol. The van der Waals surface area contributed by atoms with Gasteiger partial charge in [0.25, 0.3) is 0 Å². The topological polar surface area (TPSA) is 46.5 Å². The summed E-state index contributed by atoms with van der Waals surface area (Å²) >= 11 is 0. The summed E-state index contributed by atoms with van der Waals surface area (Å²) in [7, 11) is 0. The highest BCUT2D eigenvalue weighted by atomic mass is 16.5. The van der Waals surface area contributed by atoms with Crippen molar-refractivity contribution in [2.75, 3.05) is 0 Å². The van der Waals surface area contributed by atoms with Crippen LogP contribution in [0.15, 0.2) is 0 Å². The van der Waals surface area contributed by atoms with Crippen LogP contribution >= 0.6 is 0 Å². The van der Waals surface area contributed by atoms with Crippen LogP contribution in [-0.4, -0.2) is 28.7 Å². The smallest absolute Gasteiger partial charge is 0.166 e.